The van der Waals surface area contributed by atoms with Crippen LogP contribution < -0.4 is 5.32 Å². The zero-order valence-corrected chi connectivity index (χ0v) is 22.1. The van der Waals surface area contributed by atoms with E-state index < -0.39 is 29.6 Å². The summed E-state index contributed by atoms with van der Waals surface area (Å²) in [7, 11) is 1.26. The number of imide groups is 1. The van der Waals surface area contributed by atoms with E-state index in [-0.39, 0.29) is 15.5 Å². The minimum absolute atomic E-state index is 0.132. The maximum absolute atomic E-state index is 12.9. The quantitative estimate of drug-likeness (QED) is 0.303. The highest BCUT2D eigenvalue weighted by atomic mass is 35.5. The zero-order valence-electron chi connectivity index (χ0n) is 20.5. The van der Waals surface area contributed by atoms with Gasteiger partial charge in [0.25, 0.3) is 11.1 Å². The fraction of sp³-hybridized carbons (Fsp3) is 0.185. The highest BCUT2D eigenvalue weighted by Gasteiger charge is 2.36. The second-order valence-electron chi connectivity index (χ2n) is 8.48. The number of aryl methyl sites for hydroxylation is 3. The minimum atomic E-state index is -0.583. The van der Waals surface area contributed by atoms with E-state index in [1.54, 1.807) is 30.3 Å². The first kappa shape index (κ1) is 26.2. The van der Waals surface area contributed by atoms with Gasteiger partial charge in [0.2, 0.25) is 5.91 Å². The number of nitrogens with one attached hydrogen (secondary N) is 1. The van der Waals surface area contributed by atoms with Crippen LogP contribution in [0, 0.1) is 20.8 Å². The lowest BCUT2D eigenvalue weighted by molar-refractivity contribution is -0.127. The molecule has 4 rings (SSSR count). The number of furan rings is 1. The number of benzene rings is 2. The Bertz CT molecular complexity index is 1450. The number of ether oxygens (including phenoxy) is 1. The molecule has 0 saturated carbocycles. The standard InChI is InChI=1S/C27H23ClN2O6S/c1-14-9-15(2)24(16(3)10-14)29-23(31)13-30-25(32)22(37-27(30)34)12-18-6-8-21(36-18)17-5-7-20(28)19(11-17)26(33)35-4/h5-12H,13H2,1-4H3,(H,29,31)/b22-12+. The van der Waals surface area contributed by atoms with Crippen LogP contribution in [-0.2, 0) is 14.3 Å². The molecule has 1 N–H and O–H groups in total. The summed E-state index contributed by atoms with van der Waals surface area (Å²) < 4.78 is 10.6. The fourth-order valence-electron chi connectivity index (χ4n) is 4.00. The van der Waals surface area contributed by atoms with E-state index in [0.29, 0.717) is 22.8 Å². The number of esters is 1. The molecule has 1 aromatic heterocycles. The lowest BCUT2D eigenvalue weighted by Gasteiger charge is -2.15. The van der Waals surface area contributed by atoms with Gasteiger partial charge in [-0.25, -0.2) is 4.79 Å². The van der Waals surface area contributed by atoms with Gasteiger partial charge >= 0.3 is 5.97 Å². The van der Waals surface area contributed by atoms with E-state index in [0.717, 1.165) is 33.4 Å². The van der Waals surface area contributed by atoms with Gasteiger partial charge in [0, 0.05) is 17.3 Å². The molecule has 3 aromatic rings. The number of rotatable bonds is 6. The van der Waals surface area contributed by atoms with Gasteiger partial charge < -0.3 is 14.5 Å². The maximum Gasteiger partial charge on any atom is 0.339 e. The number of halogens is 1. The molecule has 1 fully saturated rings. The Morgan fingerprint density at radius 3 is 2.46 bits per heavy atom. The van der Waals surface area contributed by atoms with Crippen LogP contribution in [0.15, 0.2) is 51.8 Å². The van der Waals surface area contributed by atoms with Gasteiger partial charge in [-0.3, -0.25) is 19.3 Å². The molecule has 2 heterocycles. The third kappa shape index (κ3) is 5.63. The van der Waals surface area contributed by atoms with E-state index in [1.807, 2.05) is 32.9 Å². The van der Waals surface area contributed by atoms with E-state index >= 15 is 0 Å². The first-order valence-electron chi connectivity index (χ1n) is 11.2. The fourth-order valence-corrected chi connectivity index (χ4v) is 5.01. The lowest BCUT2D eigenvalue weighted by atomic mass is 10.1. The van der Waals surface area contributed by atoms with Gasteiger partial charge in [-0.15, -0.1) is 0 Å². The zero-order chi connectivity index (χ0) is 26.9. The average molecular weight is 539 g/mol. The Morgan fingerprint density at radius 2 is 1.78 bits per heavy atom. The van der Waals surface area contributed by atoms with Crippen molar-refractivity contribution in [2.75, 3.05) is 19.0 Å². The second-order valence-corrected chi connectivity index (χ2v) is 9.88. The smallest absolute Gasteiger partial charge is 0.339 e. The number of carbonyl (C=O) groups excluding carboxylic acids is 4. The normalized spacial score (nSPS) is 14.4. The van der Waals surface area contributed by atoms with Crippen LogP contribution in [0.3, 0.4) is 0 Å². The summed E-state index contributed by atoms with van der Waals surface area (Å²) >= 11 is 6.81. The third-order valence-corrected chi connectivity index (χ3v) is 6.91. The number of carbonyl (C=O) groups is 4. The number of hydrogen-bond acceptors (Lipinski definition) is 7. The summed E-state index contributed by atoms with van der Waals surface area (Å²) in [6, 6.07) is 12.0. The summed E-state index contributed by atoms with van der Waals surface area (Å²) in [5, 5.41) is 2.50. The monoisotopic (exact) mass is 538 g/mol. The predicted molar refractivity (Wildman–Crippen MR) is 142 cm³/mol. The summed E-state index contributed by atoms with van der Waals surface area (Å²) in [6.07, 6.45) is 1.44. The van der Waals surface area contributed by atoms with Gasteiger partial charge in [0.15, 0.2) is 0 Å². The molecule has 190 valence electrons. The van der Waals surface area contributed by atoms with Crippen LogP contribution in [0.4, 0.5) is 10.5 Å². The van der Waals surface area contributed by atoms with E-state index in [1.165, 1.54) is 13.2 Å². The Hall–Kier alpha value is -3.82. The van der Waals surface area contributed by atoms with Crippen molar-refractivity contribution in [2.45, 2.75) is 20.8 Å². The number of methoxy groups -OCH3 is 1. The van der Waals surface area contributed by atoms with Crippen LogP contribution in [0.25, 0.3) is 17.4 Å². The highest BCUT2D eigenvalue weighted by molar-refractivity contribution is 8.18. The Kier molecular flexibility index (Phi) is 7.56. The van der Waals surface area contributed by atoms with Gasteiger partial charge in [0.1, 0.15) is 18.1 Å². The molecule has 1 saturated heterocycles. The molecule has 0 bridgehead atoms. The molecule has 1 aliphatic heterocycles. The molecule has 3 amide bonds. The molecule has 0 aliphatic carbocycles. The van der Waals surface area contributed by atoms with Crippen molar-refractivity contribution < 1.29 is 28.3 Å². The van der Waals surface area contributed by atoms with Gasteiger partial charge in [0.05, 0.1) is 22.6 Å². The summed E-state index contributed by atoms with van der Waals surface area (Å²) in [4.78, 5) is 51.0. The molecule has 1 aliphatic rings. The number of anilines is 1. The average Bonchev–Trinajstić information content (AvgIpc) is 3.41. The summed E-state index contributed by atoms with van der Waals surface area (Å²) in [5.74, 6) is -0.882. The maximum atomic E-state index is 12.9. The van der Waals surface area contributed by atoms with Gasteiger partial charge in [-0.2, -0.15) is 0 Å². The number of nitrogens with zero attached hydrogens (tertiary/aromatic N) is 1. The van der Waals surface area contributed by atoms with Crippen molar-refractivity contribution >= 4 is 58.1 Å². The largest absolute Gasteiger partial charge is 0.465 e. The molecular weight excluding hydrogens is 516 g/mol. The first-order chi connectivity index (χ1) is 17.6. The Balaban J connectivity index is 1.48. The molecule has 10 heteroatoms. The van der Waals surface area contributed by atoms with Gasteiger partial charge in [-0.05, 0) is 74.0 Å². The number of thioether (sulfide) groups is 1. The lowest BCUT2D eigenvalue weighted by Crippen LogP contribution is -2.36. The number of hydrogen-bond donors (Lipinski definition) is 1. The van der Waals surface area contributed by atoms with Crippen molar-refractivity contribution in [3.63, 3.8) is 0 Å². The van der Waals surface area contributed by atoms with E-state index in [2.05, 4.69) is 5.32 Å². The van der Waals surface area contributed by atoms with Crippen molar-refractivity contribution in [2.24, 2.45) is 0 Å². The van der Waals surface area contributed by atoms with Crippen LogP contribution >= 0.6 is 23.4 Å². The topological polar surface area (TPSA) is 106 Å². The molecule has 0 atom stereocenters. The Morgan fingerprint density at radius 1 is 1.08 bits per heavy atom. The van der Waals surface area contributed by atoms with Crippen LogP contribution in [0.2, 0.25) is 5.02 Å². The van der Waals surface area contributed by atoms with Gasteiger partial charge in [-0.1, -0.05) is 29.3 Å². The van der Waals surface area contributed by atoms with Crippen LogP contribution in [-0.4, -0.2) is 41.6 Å². The molecule has 0 spiro atoms. The highest BCUT2D eigenvalue weighted by Crippen LogP contribution is 2.34. The first-order valence-corrected chi connectivity index (χ1v) is 12.4. The van der Waals surface area contributed by atoms with Crippen molar-refractivity contribution in [1.82, 2.24) is 4.90 Å². The van der Waals surface area contributed by atoms with Crippen molar-refractivity contribution in [3.05, 3.63) is 80.4 Å². The predicted octanol–water partition coefficient (Wildman–Crippen LogP) is 5.99. The second kappa shape index (κ2) is 10.7. The number of amides is 3. The summed E-state index contributed by atoms with van der Waals surface area (Å²) in [6.45, 7) is 5.33. The molecule has 0 radical (unpaired) electrons. The molecule has 8 nitrogen and oxygen atoms in total. The van der Waals surface area contributed by atoms with Crippen LogP contribution in [0.1, 0.15) is 32.8 Å². The van der Waals surface area contributed by atoms with Crippen LogP contribution in [0.5, 0.6) is 0 Å². The molecule has 0 unspecified atom stereocenters. The SMILES string of the molecule is COC(=O)c1cc(-c2ccc(/C=C3/SC(=O)N(CC(=O)Nc4c(C)cc(C)cc4C)C3=O)o2)ccc1Cl. The van der Waals surface area contributed by atoms with E-state index in [9.17, 15) is 19.2 Å². The van der Waals surface area contributed by atoms with E-state index in [4.69, 9.17) is 20.8 Å². The van der Waals surface area contributed by atoms with Crippen molar-refractivity contribution in [1.29, 1.82) is 0 Å². The molecule has 2 aromatic carbocycles. The summed E-state index contributed by atoms with van der Waals surface area (Å²) in [5.41, 5.74) is 4.30. The minimum Gasteiger partial charge on any atom is -0.465 e. The molecule has 37 heavy (non-hydrogen) atoms. The third-order valence-electron chi connectivity index (χ3n) is 5.67. The Labute approximate surface area is 222 Å². The van der Waals surface area contributed by atoms with Crippen molar-refractivity contribution in [3.8, 4) is 11.3 Å². The molecular formula is C27H23ClN2O6S.